The molecule has 30 heavy (non-hydrogen) atoms. The third-order valence-corrected chi connectivity index (χ3v) is 6.10. The minimum absolute atomic E-state index is 0.157. The van der Waals surface area contributed by atoms with Crippen LogP contribution in [0.25, 0.3) is 0 Å². The van der Waals surface area contributed by atoms with Crippen molar-refractivity contribution in [3.63, 3.8) is 0 Å². The van der Waals surface area contributed by atoms with E-state index in [1.165, 1.54) is 11.1 Å². The molecule has 3 nitrogen and oxygen atoms in total. The fourth-order valence-electron chi connectivity index (χ4n) is 3.54. The van der Waals surface area contributed by atoms with Gasteiger partial charge in [-0.1, -0.05) is 66.2 Å². The molecule has 152 valence electrons. The van der Waals surface area contributed by atoms with Gasteiger partial charge in [-0.3, -0.25) is 4.79 Å². The molecule has 2 aromatic carbocycles. The van der Waals surface area contributed by atoms with Gasteiger partial charge < -0.3 is 9.47 Å². The fourth-order valence-corrected chi connectivity index (χ4v) is 4.24. The Labute approximate surface area is 182 Å². The van der Waals surface area contributed by atoms with Gasteiger partial charge in [-0.2, -0.15) is 0 Å². The highest BCUT2D eigenvalue weighted by molar-refractivity contribution is 7.10. The van der Waals surface area contributed by atoms with E-state index in [4.69, 9.17) is 0 Å². The molecule has 0 aliphatic rings. The standard InChI is InChI=1S/C26H26N2OS/c1-21-11-13-23(14-12-21)18-27-15-5-9-24(27)20-28(19-22-7-3-2-4-8-22)26(29)17-25-10-6-16-30-25/h2-16H,17-20H2,1H3. The number of nitrogens with zero attached hydrogens (tertiary/aromatic N) is 2. The van der Waals surface area contributed by atoms with Crippen molar-refractivity contribution in [3.8, 4) is 0 Å². The Kier molecular flexibility index (Phi) is 6.45. The number of hydrogen-bond donors (Lipinski definition) is 0. The summed E-state index contributed by atoms with van der Waals surface area (Å²) in [5.41, 5.74) is 4.82. The molecular weight excluding hydrogens is 388 g/mol. The molecule has 0 atom stereocenters. The average Bonchev–Trinajstić information content (AvgIpc) is 3.42. The predicted molar refractivity (Wildman–Crippen MR) is 123 cm³/mol. The van der Waals surface area contributed by atoms with Gasteiger partial charge in [0.1, 0.15) is 0 Å². The Morgan fingerprint density at radius 2 is 1.67 bits per heavy atom. The van der Waals surface area contributed by atoms with E-state index >= 15 is 0 Å². The second-order valence-corrected chi connectivity index (χ2v) is 8.64. The van der Waals surface area contributed by atoms with E-state index in [-0.39, 0.29) is 5.91 Å². The number of aromatic nitrogens is 1. The first kappa shape index (κ1) is 20.2. The molecule has 2 aromatic heterocycles. The number of thiophene rings is 1. The lowest BCUT2D eigenvalue weighted by Gasteiger charge is -2.24. The number of aryl methyl sites for hydroxylation is 1. The van der Waals surface area contributed by atoms with Gasteiger partial charge in [0.25, 0.3) is 0 Å². The van der Waals surface area contributed by atoms with Crippen LogP contribution < -0.4 is 0 Å². The van der Waals surface area contributed by atoms with Crippen molar-refractivity contribution >= 4 is 17.2 Å². The minimum Gasteiger partial charge on any atom is -0.345 e. The number of amides is 1. The fraction of sp³-hybridized carbons (Fsp3) is 0.192. The third-order valence-electron chi connectivity index (χ3n) is 5.22. The van der Waals surface area contributed by atoms with Crippen LogP contribution in [0.5, 0.6) is 0 Å². The molecule has 1 amide bonds. The molecule has 0 fully saturated rings. The summed E-state index contributed by atoms with van der Waals surface area (Å²) in [4.78, 5) is 16.2. The summed E-state index contributed by atoms with van der Waals surface area (Å²) in [7, 11) is 0. The molecule has 0 spiro atoms. The van der Waals surface area contributed by atoms with E-state index in [1.807, 2.05) is 40.6 Å². The van der Waals surface area contributed by atoms with Crippen molar-refractivity contribution in [3.05, 3.63) is 118 Å². The van der Waals surface area contributed by atoms with Gasteiger partial charge in [0.15, 0.2) is 0 Å². The predicted octanol–water partition coefficient (Wildman–Crippen LogP) is 5.68. The number of carbonyl (C=O) groups is 1. The van der Waals surface area contributed by atoms with Gasteiger partial charge in [0.05, 0.1) is 13.0 Å². The third kappa shape index (κ3) is 5.28. The molecule has 0 N–H and O–H groups in total. The lowest BCUT2D eigenvalue weighted by molar-refractivity contribution is -0.131. The summed E-state index contributed by atoms with van der Waals surface area (Å²) in [6.45, 7) is 4.12. The van der Waals surface area contributed by atoms with Gasteiger partial charge in [-0.15, -0.1) is 11.3 Å². The highest BCUT2D eigenvalue weighted by Crippen LogP contribution is 2.17. The molecule has 0 radical (unpaired) electrons. The van der Waals surface area contributed by atoms with Gasteiger partial charge in [-0.05, 0) is 41.6 Å². The van der Waals surface area contributed by atoms with E-state index in [9.17, 15) is 4.79 Å². The van der Waals surface area contributed by atoms with Crippen LogP contribution in [-0.4, -0.2) is 15.4 Å². The van der Waals surface area contributed by atoms with Crippen molar-refractivity contribution in [1.82, 2.24) is 9.47 Å². The minimum atomic E-state index is 0.157. The number of rotatable bonds is 8. The van der Waals surface area contributed by atoms with Crippen molar-refractivity contribution in [2.24, 2.45) is 0 Å². The first-order valence-corrected chi connectivity index (χ1v) is 11.1. The Morgan fingerprint density at radius 3 is 2.40 bits per heavy atom. The Bertz CT molecular complexity index is 1070. The van der Waals surface area contributed by atoms with Crippen LogP contribution in [0.15, 0.2) is 90.4 Å². The van der Waals surface area contributed by atoms with Crippen LogP contribution in [0.4, 0.5) is 0 Å². The Morgan fingerprint density at radius 1 is 0.867 bits per heavy atom. The lowest BCUT2D eigenvalue weighted by Crippen LogP contribution is -2.32. The first-order valence-electron chi connectivity index (χ1n) is 10.2. The summed E-state index contributed by atoms with van der Waals surface area (Å²) in [6.07, 6.45) is 2.54. The second kappa shape index (κ2) is 9.59. The van der Waals surface area contributed by atoms with Crippen LogP contribution >= 0.6 is 11.3 Å². The number of benzene rings is 2. The maximum Gasteiger partial charge on any atom is 0.228 e. The number of carbonyl (C=O) groups excluding carboxylic acids is 1. The Balaban J connectivity index is 1.53. The largest absolute Gasteiger partial charge is 0.345 e. The van der Waals surface area contributed by atoms with Crippen molar-refractivity contribution in [2.75, 3.05) is 0 Å². The maximum absolute atomic E-state index is 13.2. The second-order valence-electron chi connectivity index (χ2n) is 7.60. The molecule has 0 aliphatic carbocycles. The normalized spacial score (nSPS) is 10.8. The van der Waals surface area contributed by atoms with Crippen LogP contribution in [-0.2, 0) is 30.8 Å². The zero-order valence-electron chi connectivity index (χ0n) is 17.2. The molecule has 4 heteroatoms. The maximum atomic E-state index is 13.2. The van der Waals surface area contributed by atoms with Crippen LogP contribution in [0, 0.1) is 6.92 Å². The molecular formula is C26H26N2OS. The topological polar surface area (TPSA) is 25.2 Å². The smallest absolute Gasteiger partial charge is 0.228 e. The zero-order chi connectivity index (χ0) is 20.8. The molecule has 0 unspecified atom stereocenters. The van der Waals surface area contributed by atoms with Crippen LogP contribution in [0.1, 0.15) is 27.3 Å². The van der Waals surface area contributed by atoms with E-state index in [1.54, 1.807) is 11.3 Å². The monoisotopic (exact) mass is 414 g/mol. The molecule has 2 heterocycles. The SMILES string of the molecule is Cc1ccc(Cn2cccc2CN(Cc2ccccc2)C(=O)Cc2cccs2)cc1. The van der Waals surface area contributed by atoms with Crippen LogP contribution in [0.3, 0.4) is 0 Å². The summed E-state index contributed by atoms with van der Waals surface area (Å²) in [5.74, 6) is 0.157. The van der Waals surface area contributed by atoms with Gasteiger partial charge >= 0.3 is 0 Å². The van der Waals surface area contributed by atoms with E-state index in [0.29, 0.717) is 19.5 Å². The van der Waals surface area contributed by atoms with Gasteiger partial charge in [0.2, 0.25) is 5.91 Å². The van der Waals surface area contributed by atoms with Crippen molar-refractivity contribution in [1.29, 1.82) is 0 Å². The molecule has 0 saturated heterocycles. The highest BCUT2D eigenvalue weighted by Gasteiger charge is 2.17. The van der Waals surface area contributed by atoms with E-state index in [2.05, 4.69) is 66.2 Å². The molecule has 4 rings (SSSR count). The average molecular weight is 415 g/mol. The van der Waals surface area contributed by atoms with Gasteiger partial charge in [0, 0.05) is 29.9 Å². The van der Waals surface area contributed by atoms with Crippen LogP contribution in [0.2, 0.25) is 0 Å². The summed E-state index contributed by atoms with van der Waals surface area (Å²) >= 11 is 1.64. The molecule has 0 bridgehead atoms. The lowest BCUT2D eigenvalue weighted by atomic mass is 10.1. The van der Waals surface area contributed by atoms with Crippen molar-refractivity contribution in [2.45, 2.75) is 33.0 Å². The molecule has 4 aromatic rings. The summed E-state index contributed by atoms with van der Waals surface area (Å²) in [5, 5.41) is 2.02. The van der Waals surface area contributed by atoms with E-state index in [0.717, 1.165) is 22.7 Å². The highest BCUT2D eigenvalue weighted by atomic mass is 32.1. The molecule has 0 saturated carbocycles. The van der Waals surface area contributed by atoms with E-state index < -0.39 is 0 Å². The zero-order valence-corrected chi connectivity index (χ0v) is 18.0. The van der Waals surface area contributed by atoms with Gasteiger partial charge in [-0.25, -0.2) is 0 Å². The quantitative estimate of drug-likeness (QED) is 0.364. The summed E-state index contributed by atoms with van der Waals surface area (Å²) in [6, 6.07) is 27.1. The first-order chi connectivity index (χ1) is 14.7. The summed E-state index contributed by atoms with van der Waals surface area (Å²) < 4.78 is 2.24. The molecule has 0 aliphatic heterocycles. The number of hydrogen-bond acceptors (Lipinski definition) is 2. The Hall–Kier alpha value is -3.11. The van der Waals surface area contributed by atoms with Crippen molar-refractivity contribution < 1.29 is 4.79 Å².